The van der Waals surface area contributed by atoms with E-state index in [1.807, 2.05) is 0 Å². The minimum atomic E-state index is -0.496. The number of rotatable bonds is 9. The molecular weight excluding hydrogens is 1010 g/mol. The van der Waals surface area contributed by atoms with E-state index in [0.717, 1.165) is 24.2 Å². The molecule has 1 spiro atoms. The lowest BCUT2D eigenvalue weighted by Gasteiger charge is -2.43. The molecule has 2 nitrogen and oxygen atoms in total. The predicted octanol–water partition coefficient (Wildman–Crippen LogP) is 22.0. The van der Waals surface area contributed by atoms with Crippen molar-refractivity contribution in [3.8, 4) is 55.6 Å². The van der Waals surface area contributed by atoms with Crippen LogP contribution in [0, 0.1) is 0 Å². The first-order valence-corrected chi connectivity index (χ1v) is 30.0. The largest absolute Gasteiger partial charge is 0.309 e. The molecule has 3 aliphatic rings. The highest BCUT2D eigenvalue weighted by atomic mass is 15.2. The van der Waals surface area contributed by atoms with Gasteiger partial charge in [0.1, 0.15) is 0 Å². The summed E-state index contributed by atoms with van der Waals surface area (Å²) in [5.74, 6) is 0. The van der Waals surface area contributed by atoms with Crippen LogP contribution in [0.2, 0.25) is 0 Å². The molecule has 1 aliphatic heterocycles. The van der Waals surface area contributed by atoms with Gasteiger partial charge in [0, 0.05) is 33.6 Å². The Kier molecular flexibility index (Phi) is 11.4. The van der Waals surface area contributed by atoms with Crippen molar-refractivity contribution in [3.05, 3.63) is 324 Å². The molecule has 84 heavy (non-hydrogen) atoms. The first-order valence-electron chi connectivity index (χ1n) is 30.0. The monoisotopic (exact) mass is 1070 g/mol. The molecule has 0 N–H and O–H groups in total. The lowest BCUT2D eigenvalue weighted by atomic mass is 9.70. The van der Waals surface area contributed by atoms with Gasteiger partial charge in [-0.3, -0.25) is 0 Å². The van der Waals surface area contributed by atoms with Crippen LogP contribution in [0.5, 0.6) is 0 Å². The molecule has 400 valence electrons. The molecule has 0 bridgehead atoms. The van der Waals surface area contributed by atoms with Crippen LogP contribution in [0.3, 0.4) is 0 Å². The molecule has 0 aromatic heterocycles. The minimum Gasteiger partial charge on any atom is -0.309 e. The lowest BCUT2D eigenvalue weighted by molar-refractivity contribution is 0.632. The van der Waals surface area contributed by atoms with Crippen LogP contribution in [0.4, 0.5) is 34.1 Å². The first kappa shape index (κ1) is 49.8. The van der Waals surface area contributed by atoms with Crippen molar-refractivity contribution < 1.29 is 0 Å². The molecule has 16 rings (SSSR count). The maximum atomic E-state index is 2.56. The van der Waals surface area contributed by atoms with E-state index in [1.54, 1.807) is 0 Å². The van der Waals surface area contributed by atoms with Gasteiger partial charge in [0.25, 0.3) is 0 Å². The SMILES string of the molecule is CCc1ccccc1N(c1ccccc1)c1c(CC)cccc1-c1cccc2c(-c3cccc4c3-c3ccccc3C43c4ccccc4-c4ccccc43)c3cccc(-c4cccc5c4N(c4ccccc4)c4ccccc4C5(C)C)c3cc12. The summed E-state index contributed by atoms with van der Waals surface area (Å²) in [5, 5.41) is 4.87. The van der Waals surface area contributed by atoms with Gasteiger partial charge < -0.3 is 9.80 Å². The van der Waals surface area contributed by atoms with E-state index >= 15 is 0 Å². The Hall–Kier alpha value is -10.0. The van der Waals surface area contributed by atoms with Gasteiger partial charge in [-0.15, -0.1) is 0 Å². The zero-order valence-electron chi connectivity index (χ0n) is 47.9. The molecule has 0 radical (unpaired) electrons. The molecule has 0 atom stereocenters. The fourth-order valence-electron chi connectivity index (χ4n) is 15.4. The van der Waals surface area contributed by atoms with E-state index in [2.05, 4.69) is 317 Å². The minimum absolute atomic E-state index is 0.282. The van der Waals surface area contributed by atoms with E-state index in [1.165, 1.54) is 144 Å². The molecular formula is C82H62N2. The van der Waals surface area contributed by atoms with Gasteiger partial charge in [0.15, 0.2) is 0 Å². The van der Waals surface area contributed by atoms with E-state index in [9.17, 15) is 0 Å². The molecule has 0 amide bonds. The third-order valence-corrected chi connectivity index (χ3v) is 19.0. The number of hydrogen-bond donors (Lipinski definition) is 0. The van der Waals surface area contributed by atoms with Gasteiger partial charge in [-0.2, -0.15) is 0 Å². The zero-order chi connectivity index (χ0) is 56.3. The van der Waals surface area contributed by atoms with Gasteiger partial charge in [0.2, 0.25) is 0 Å². The Labute approximate surface area is 493 Å². The van der Waals surface area contributed by atoms with Crippen LogP contribution in [0.1, 0.15) is 72.2 Å². The third-order valence-electron chi connectivity index (χ3n) is 19.0. The topological polar surface area (TPSA) is 6.48 Å². The van der Waals surface area contributed by atoms with Crippen molar-refractivity contribution in [3.63, 3.8) is 0 Å². The van der Waals surface area contributed by atoms with Gasteiger partial charge in [0.05, 0.1) is 22.5 Å². The van der Waals surface area contributed by atoms with Gasteiger partial charge in [-0.1, -0.05) is 264 Å². The summed E-state index contributed by atoms with van der Waals surface area (Å²) in [4.78, 5) is 5.08. The summed E-state index contributed by atoms with van der Waals surface area (Å²) in [6.07, 6.45) is 1.77. The maximum absolute atomic E-state index is 2.56. The predicted molar refractivity (Wildman–Crippen MR) is 354 cm³/mol. The second-order valence-electron chi connectivity index (χ2n) is 23.5. The highest BCUT2D eigenvalue weighted by Crippen LogP contribution is 2.65. The Bertz CT molecular complexity index is 4750. The molecule has 1 heterocycles. The second-order valence-corrected chi connectivity index (χ2v) is 23.5. The molecule has 0 fully saturated rings. The molecule has 13 aromatic carbocycles. The lowest BCUT2D eigenvalue weighted by Crippen LogP contribution is -2.31. The summed E-state index contributed by atoms with van der Waals surface area (Å²) in [5.41, 5.74) is 29.4. The molecule has 13 aromatic rings. The van der Waals surface area contributed by atoms with Crippen molar-refractivity contribution in [2.24, 2.45) is 0 Å². The van der Waals surface area contributed by atoms with E-state index in [-0.39, 0.29) is 5.41 Å². The molecule has 0 unspecified atom stereocenters. The highest BCUT2D eigenvalue weighted by molar-refractivity contribution is 6.22. The fraction of sp³-hybridized carbons (Fsp3) is 0.0976. The number of fused-ring (bicyclic) bond motifs is 14. The standard InChI is InChI=1S/C82H62N2/c1-5-53-28-13-21-50-75(53)83(55-30-9-7-10-31-55)79-54(6-2)29-23-41-63(79)57-37-24-39-61-67(57)52-68-58(64-42-26-49-74-80(64)84(56-32-11-8-12-33-56)76-51-22-20-47-72(76)81(74,3)4)38-25-40-62(68)77(61)66-43-27-48-73-78(66)65-36-16-19-46-71(65)82(73)69-44-17-14-34-59(69)60-35-15-18-45-70(60)82/h7-52H,5-6H2,1-4H3. The highest BCUT2D eigenvalue weighted by Gasteiger charge is 2.52. The second kappa shape index (κ2) is 19.3. The average molecular weight is 1080 g/mol. The molecule has 2 aliphatic carbocycles. The van der Waals surface area contributed by atoms with Crippen LogP contribution in [0.25, 0.3) is 77.2 Å². The molecule has 0 saturated carbocycles. The number of aryl methyl sites for hydroxylation is 2. The van der Waals surface area contributed by atoms with Crippen LogP contribution in [-0.2, 0) is 23.7 Å². The first-order chi connectivity index (χ1) is 41.4. The number of nitrogens with zero attached hydrogens (tertiary/aromatic N) is 2. The van der Waals surface area contributed by atoms with E-state index in [4.69, 9.17) is 0 Å². The van der Waals surface area contributed by atoms with Crippen molar-refractivity contribution >= 4 is 55.7 Å². The number of anilines is 6. The number of benzene rings is 13. The summed E-state index contributed by atoms with van der Waals surface area (Å²) < 4.78 is 0. The van der Waals surface area contributed by atoms with Crippen LogP contribution in [0.15, 0.2) is 279 Å². The Morgan fingerprint density at radius 3 is 1.48 bits per heavy atom. The van der Waals surface area contributed by atoms with Gasteiger partial charge >= 0.3 is 0 Å². The maximum Gasteiger partial charge on any atom is 0.0725 e. The average Bonchev–Trinajstić information content (AvgIpc) is 1.50. The Morgan fingerprint density at radius 1 is 0.333 bits per heavy atom. The summed E-state index contributed by atoms with van der Waals surface area (Å²) in [6, 6.07) is 106. The van der Waals surface area contributed by atoms with Gasteiger partial charge in [-0.05, 0) is 166 Å². The van der Waals surface area contributed by atoms with Crippen LogP contribution < -0.4 is 9.80 Å². The smallest absolute Gasteiger partial charge is 0.0725 e. The van der Waals surface area contributed by atoms with E-state index in [0.29, 0.717) is 0 Å². The number of para-hydroxylation sites is 6. The molecule has 2 heteroatoms. The van der Waals surface area contributed by atoms with Crippen LogP contribution in [-0.4, -0.2) is 0 Å². The summed E-state index contributed by atoms with van der Waals surface area (Å²) in [7, 11) is 0. The van der Waals surface area contributed by atoms with Crippen molar-refractivity contribution in [1.82, 2.24) is 0 Å². The van der Waals surface area contributed by atoms with Crippen molar-refractivity contribution in [1.29, 1.82) is 0 Å². The fourth-order valence-corrected chi connectivity index (χ4v) is 15.4. The zero-order valence-corrected chi connectivity index (χ0v) is 47.9. The van der Waals surface area contributed by atoms with Crippen LogP contribution >= 0.6 is 0 Å². The quantitative estimate of drug-likeness (QED) is 0.133. The van der Waals surface area contributed by atoms with Crippen molar-refractivity contribution in [2.75, 3.05) is 9.80 Å². The van der Waals surface area contributed by atoms with E-state index < -0.39 is 5.41 Å². The van der Waals surface area contributed by atoms with Crippen molar-refractivity contribution in [2.45, 2.75) is 51.4 Å². The third kappa shape index (κ3) is 7.04. The normalized spacial score (nSPS) is 13.7. The number of hydrogen-bond acceptors (Lipinski definition) is 2. The summed E-state index contributed by atoms with van der Waals surface area (Å²) in [6.45, 7) is 9.38. The Morgan fingerprint density at radius 2 is 0.798 bits per heavy atom. The van der Waals surface area contributed by atoms with Gasteiger partial charge in [-0.25, -0.2) is 0 Å². The molecule has 0 saturated heterocycles. The Balaban J connectivity index is 1.05. The summed E-state index contributed by atoms with van der Waals surface area (Å²) >= 11 is 0.